The summed E-state index contributed by atoms with van der Waals surface area (Å²) in [7, 11) is 0. The van der Waals surface area contributed by atoms with Crippen LogP contribution in [0.25, 0.3) is 0 Å². The first-order valence-corrected chi connectivity index (χ1v) is 9.06. The fourth-order valence-electron chi connectivity index (χ4n) is 2.85. The molecule has 0 aliphatic heterocycles. The van der Waals surface area contributed by atoms with Crippen molar-refractivity contribution in [1.82, 2.24) is 4.90 Å². The van der Waals surface area contributed by atoms with Crippen LogP contribution in [0.5, 0.6) is 5.75 Å². The molecule has 0 unspecified atom stereocenters. The van der Waals surface area contributed by atoms with Gasteiger partial charge in [0, 0.05) is 24.2 Å². The van der Waals surface area contributed by atoms with Gasteiger partial charge in [-0.15, -0.1) is 0 Å². The number of hydrogen-bond donors (Lipinski definition) is 1. The molecule has 0 fully saturated rings. The van der Waals surface area contributed by atoms with Crippen LogP contribution in [0.3, 0.4) is 0 Å². The SMILES string of the molecule is CCCC(=O)Nc1ccc(OCC(=O)N(C(C)C)C(C)C)c(C(C)=O)c1. The molecule has 6 heteroatoms. The molecule has 0 saturated heterocycles. The molecule has 0 aliphatic rings. The maximum absolute atomic E-state index is 12.4. The van der Waals surface area contributed by atoms with Crippen molar-refractivity contribution in [3.05, 3.63) is 23.8 Å². The molecule has 6 nitrogen and oxygen atoms in total. The topological polar surface area (TPSA) is 75.7 Å². The molecule has 26 heavy (non-hydrogen) atoms. The Morgan fingerprint density at radius 1 is 1.12 bits per heavy atom. The van der Waals surface area contributed by atoms with Crippen molar-refractivity contribution < 1.29 is 19.1 Å². The zero-order valence-electron chi connectivity index (χ0n) is 16.6. The Hall–Kier alpha value is -2.37. The Kier molecular flexibility index (Phi) is 8.29. The zero-order valence-corrected chi connectivity index (χ0v) is 16.6. The summed E-state index contributed by atoms with van der Waals surface area (Å²) >= 11 is 0. The van der Waals surface area contributed by atoms with Gasteiger partial charge < -0.3 is 15.0 Å². The second kappa shape index (κ2) is 9.94. The number of amides is 2. The molecule has 0 heterocycles. The van der Waals surface area contributed by atoms with E-state index in [1.807, 2.05) is 34.6 Å². The molecule has 0 bridgehead atoms. The third-order valence-electron chi connectivity index (χ3n) is 3.87. The predicted molar refractivity (Wildman–Crippen MR) is 103 cm³/mol. The number of Topliss-reactive ketones (excluding diaryl/α,β-unsaturated/α-hetero) is 1. The van der Waals surface area contributed by atoms with Crippen LogP contribution >= 0.6 is 0 Å². The van der Waals surface area contributed by atoms with E-state index in [9.17, 15) is 14.4 Å². The largest absolute Gasteiger partial charge is 0.483 e. The molecule has 0 radical (unpaired) electrons. The predicted octanol–water partition coefficient (Wildman–Crippen LogP) is 3.65. The third kappa shape index (κ3) is 6.17. The molecule has 1 N–H and O–H groups in total. The number of benzene rings is 1. The summed E-state index contributed by atoms with van der Waals surface area (Å²) < 4.78 is 5.62. The van der Waals surface area contributed by atoms with Crippen LogP contribution in [-0.2, 0) is 9.59 Å². The Balaban J connectivity index is 2.91. The average molecular weight is 362 g/mol. The fraction of sp³-hybridized carbons (Fsp3) is 0.550. The molecule has 0 aliphatic carbocycles. The molecule has 1 aromatic rings. The lowest BCUT2D eigenvalue weighted by Gasteiger charge is -2.30. The number of ether oxygens (including phenoxy) is 1. The van der Waals surface area contributed by atoms with Crippen LogP contribution < -0.4 is 10.1 Å². The second-order valence-electron chi connectivity index (χ2n) is 6.84. The second-order valence-corrected chi connectivity index (χ2v) is 6.84. The number of rotatable bonds is 9. The van der Waals surface area contributed by atoms with E-state index in [1.54, 1.807) is 23.1 Å². The number of nitrogens with zero attached hydrogens (tertiary/aromatic N) is 1. The number of hydrogen-bond acceptors (Lipinski definition) is 4. The lowest BCUT2D eigenvalue weighted by atomic mass is 10.1. The molecule has 144 valence electrons. The summed E-state index contributed by atoms with van der Waals surface area (Å²) in [6.45, 7) is 11.0. The minimum Gasteiger partial charge on any atom is -0.483 e. The van der Waals surface area contributed by atoms with Gasteiger partial charge in [-0.2, -0.15) is 0 Å². The maximum atomic E-state index is 12.4. The molecule has 1 aromatic carbocycles. The van der Waals surface area contributed by atoms with Crippen molar-refractivity contribution in [3.8, 4) is 5.75 Å². The normalized spacial score (nSPS) is 10.8. The highest BCUT2D eigenvalue weighted by atomic mass is 16.5. The highest BCUT2D eigenvalue weighted by Gasteiger charge is 2.21. The average Bonchev–Trinajstić information content (AvgIpc) is 2.52. The van der Waals surface area contributed by atoms with Gasteiger partial charge in [-0.1, -0.05) is 6.92 Å². The molecule has 0 atom stereocenters. The summed E-state index contributed by atoms with van der Waals surface area (Å²) in [6.07, 6.45) is 1.17. The lowest BCUT2D eigenvalue weighted by molar-refractivity contribution is -0.137. The van der Waals surface area contributed by atoms with Crippen molar-refractivity contribution in [1.29, 1.82) is 0 Å². The van der Waals surface area contributed by atoms with E-state index in [2.05, 4.69) is 5.32 Å². The first kappa shape index (κ1) is 21.7. The highest BCUT2D eigenvalue weighted by Crippen LogP contribution is 2.24. The number of ketones is 1. The Labute approximate surface area is 155 Å². The minimum atomic E-state index is -0.191. The van der Waals surface area contributed by atoms with Crippen molar-refractivity contribution in [2.24, 2.45) is 0 Å². The summed E-state index contributed by atoms with van der Waals surface area (Å²) in [5.74, 6) is -0.0874. The molecular formula is C20H30N2O4. The molecule has 0 spiro atoms. The molecule has 2 amide bonds. The third-order valence-corrected chi connectivity index (χ3v) is 3.87. The van der Waals surface area contributed by atoms with Gasteiger partial charge >= 0.3 is 0 Å². The van der Waals surface area contributed by atoms with Crippen LogP contribution in [0.2, 0.25) is 0 Å². The first-order valence-electron chi connectivity index (χ1n) is 9.06. The lowest BCUT2D eigenvalue weighted by Crippen LogP contribution is -2.44. The first-order chi connectivity index (χ1) is 12.2. The van der Waals surface area contributed by atoms with E-state index in [4.69, 9.17) is 4.74 Å². The van der Waals surface area contributed by atoms with Crippen molar-refractivity contribution >= 4 is 23.3 Å². The Bertz CT molecular complexity index is 645. The van der Waals surface area contributed by atoms with Gasteiger partial charge in [0.05, 0.1) is 5.56 Å². The molecule has 0 saturated carbocycles. The highest BCUT2D eigenvalue weighted by molar-refractivity contribution is 5.99. The summed E-state index contributed by atoms with van der Waals surface area (Å²) in [5.41, 5.74) is 0.881. The number of carbonyl (C=O) groups is 3. The van der Waals surface area contributed by atoms with Crippen molar-refractivity contribution in [2.75, 3.05) is 11.9 Å². The van der Waals surface area contributed by atoms with Gasteiger partial charge in [0.1, 0.15) is 5.75 Å². The van der Waals surface area contributed by atoms with E-state index < -0.39 is 0 Å². The number of anilines is 1. The van der Waals surface area contributed by atoms with E-state index >= 15 is 0 Å². The van der Waals surface area contributed by atoms with Gasteiger partial charge in [-0.3, -0.25) is 14.4 Å². The number of carbonyl (C=O) groups excluding carboxylic acids is 3. The number of nitrogens with one attached hydrogen (secondary N) is 1. The van der Waals surface area contributed by atoms with Crippen molar-refractivity contribution in [3.63, 3.8) is 0 Å². The van der Waals surface area contributed by atoms with E-state index in [1.165, 1.54) is 6.92 Å². The van der Waals surface area contributed by atoms with E-state index in [0.29, 0.717) is 23.4 Å². The van der Waals surface area contributed by atoms with Gasteiger partial charge in [0.2, 0.25) is 5.91 Å². The molecular weight excluding hydrogens is 332 g/mol. The van der Waals surface area contributed by atoms with Crippen LogP contribution in [0.4, 0.5) is 5.69 Å². The Morgan fingerprint density at radius 2 is 1.73 bits per heavy atom. The molecule has 1 rings (SSSR count). The van der Waals surface area contributed by atoms with Crippen LogP contribution in [-0.4, -0.2) is 41.2 Å². The van der Waals surface area contributed by atoms with Gasteiger partial charge in [0.25, 0.3) is 5.91 Å². The monoisotopic (exact) mass is 362 g/mol. The maximum Gasteiger partial charge on any atom is 0.260 e. The van der Waals surface area contributed by atoms with E-state index in [0.717, 1.165) is 6.42 Å². The zero-order chi connectivity index (χ0) is 19.9. The van der Waals surface area contributed by atoms with Crippen LogP contribution in [0.1, 0.15) is 64.7 Å². The van der Waals surface area contributed by atoms with Crippen LogP contribution in [0, 0.1) is 0 Å². The van der Waals surface area contributed by atoms with Crippen molar-refractivity contribution in [2.45, 2.75) is 66.5 Å². The molecule has 0 aromatic heterocycles. The van der Waals surface area contributed by atoms with Crippen LogP contribution in [0.15, 0.2) is 18.2 Å². The van der Waals surface area contributed by atoms with E-state index in [-0.39, 0.29) is 36.3 Å². The smallest absolute Gasteiger partial charge is 0.260 e. The van der Waals surface area contributed by atoms with Gasteiger partial charge in [-0.25, -0.2) is 0 Å². The van der Waals surface area contributed by atoms with Gasteiger partial charge in [0.15, 0.2) is 12.4 Å². The summed E-state index contributed by atoms with van der Waals surface area (Å²) in [6, 6.07) is 4.99. The summed E-state index contributed by atoms with van der Waals surface area (Å²) in [5, 5.41) is 2.76. The minimum absolute atomic E-state index is 0.0644. The quantitative estimate of drug-likeness (QED) is 0.680. The summed E-state index contributed by atoms with van der Waals surface area (Å²) in [4.78, 5) is 37.8. The standard InChI is InChI=1S/C20H30N2O4/c1-7-8-19(24)21-16-9-10-18(17(11-16)15(6)23)26-12-20(25)22(13(2)3)14(4)5/h9-11,13-14H,7-8,12H2,1-6H3,(H,21,24). The van der Waals surface area contributed by atoms with Gasteiger partial charge in [-0.05, 0) is 59.2 Å². The Morgan fingerprint density at radius 3 is 2.23 bits per heavy atom. The fourth-order valence-corrected chi connectivity index (χ4v) is 2.85.